The van der Waals surface area contributed by atoms with Crippen molar-refractivity contribution in [2.75, 3.05) is 0 Å². The molecule has 0 rings (SSSR count). The van der Waals surface area contributed by atoms with Crippen LogP contribution in [0.4, 0.5) is 0 Å². The summed E-state index contributed by atoms with van der Waals surface area (Å²) in [5.74, 6) is 1.71. The molecular weight excluding hydrogens is 168 g/mol. The molecule has 2 unspecified atom stereocenters. The van der Waals surface area contributed by atoms with Gasteiger partial charge in [0.15, 0.2) is 0 Å². The number of rotatable bonds is 7. The Morgan fingerprint density at radius 1 is 1.14 bits per heavy atom. The third kappa shape index (κ3) is 6.23. The van der Waals surface area contributed by atoms with E-state index in [4.69, 9.17) is 0 Å². The van der Waals surface area contributed by atoms with Crippen LogP contribution in [0.3, 0.4) is 0 Å². The van der Waals surface area contributed by atoms with Crippen molar-refractivity contribution in [3.8, 4) is 0 Å². The summed E-state index contributed by atoms with van der Waals surface area (Å²) < 4.78 is 0. The summed E-state index contributed by atoms with van der Waals surface area (Å²) >= 11 is 0. The Morgan fingerprint density at radius 2 is 1.71 bits per heavy atom. The van der Waals surface area contributed by atoms with E-state index in [1.807, 2.05) is 0 Å². The molecule has 0 nitrogen and oxygen atoms in total. The molecule has 2 atom stereocenters. The van der Waals surface area contributed by atoms with Gasteiger partial charge in [-0.3, -0.25) is 0 Å². The van der Waals surface area contributed by atoms with Crippen molar-refractivity contribution >= 4 is 0 Å². The van der Waals surface area contributed by atoms with Gasteiger partial charge in [0.25, 0.3) is 0 Å². The summed E-state index contributed by atoms with van der Waals surface area (Å²) in [6, 6.07) is 0. The van der Waals surface area contributed by atoms with Gasteiger partial charge in [-0.05, 0) is 32.1 Å². The van der Waals surface area contributed by atoms with Gasteiger partial charge in [0, 0.05) is 0 Å². The summed E-state index contributed by atoms with van der Waals surface area (Å²) in [4.78, 5) is 0. The Bertz CT molecular complexity index is 155. The molecule has 0 saturated heterocycles. The average molecular weight is 196 g/mol. The summed E-state index contributed by atoms with van der Waals surface area (Å²) in [7, 11) is 0. The zero-order chi connectivity index (χ0) is 11.0. The van der Waals surface area contributed by atoms with Gasteiger partial charge in [-0.2, -0.15) is 0 Å². The molecule has 0 aliphatic carbocycles. The van der Waals surface area contributed by atoms with Crippen molar-refractivity contribution in [3.63, 3.8) is 0 Å². The summed E-state index contributed by atoms with van der Waals surface area (Å²) in [6.45, 7) is 11.4. The molecule has 0 aliphatic heterocycles. The van der Waals surface area contributed by atoms with Crippen LogP contribution in [0.1, 0.15) is 66.7 Å². The second-order valence-electron chi connectivity index (χ2n) is 4.73. The van der Waals surface area contributed by atoms with Gasteiger partial charge in [-0.15, -0.1) is 0 Å². The minimum atomic E-state index is 0.789. The summed E-state index contributed by atoms with van der Waals surface area (Å²) in [5.41, 5.74) is 1.55. The van der Waals surface area contributed by atoms with Gasteiger partial charge in [0.05, 0.1) is 0 Å². The molecule has 0 aromatic rings. The standard InChI is InChI=1S/C14H28/c1-6-12(3)10-8-9-11-14(5)13(4)7-2/h7,12,14H,6,8-11H2,1-5H3. The molecule has 0 amide bonds. The first-order valence-corrected chi connectivity index (χ1v) is 6.24. The van der Waals surface area contributed by atoms with Gasteiger partial charge < -0.3 is 0 Å². The van der Waals surface area contributed by atoms with Crippen molar-refractivity contribution in [2.24, 2.45) is 11.8 Å². The molecule has 0 saturated carbocycles. The van der Waals surface area contributed by atoms with Crippen molar-refractivity contribution in [2.45, 2.75) is 66.7 Å². The van der Waals surface area contributed by atoms with Gasteiger partial charge in [0.1, 0.15) is 0 Å². The van der Waals surface area contributed by atoms with E-state index in [1.165, 1.54) is 32.1 Å². The van der Waals surface area contributed by atoms with Crippen LogP contribution in [0.15, 0.2) is 11.6 Å². The SMILES string of the molecule is CC=C(C)C(C)CCCCC(C)CC. The first kappa shape index (κ1) is 13.7. The van der Waals surface area contributed by atoms with E-state index in [9.17, 15) is 0 Å². The number of hydrogen-bond acceptors (Lipinski definition) is 0. The monoisotopic (exact) mass is 196 g/mol. The highest BCUT2D eigenvalue weighted by Crippen LogP contribution is 2.19. The molecule has 0 heteroatoms. The molecule has 0 N–H and O–H groups in total. The molecule has 0 fully saturated rings. The molecule has 84 valence electrons. The zero-order valence-electron chi connectivity index (χ0n) is 10.8. The van der Waals surface area contributed by atoms with Gasteiger partial charge >= 0.3 is 0 Å². The van der Waals surface area contributed by atoms with E-state index in [0.29, 0.717) is 0 Å². The minimum Gasteiger partial charge on any atom is -0.0885 e. The Labute approximate surface area is 90.8 Å². The third-order valence-corrected chi connectivity index (χ3v) is 3.51. The van der Waals surface area contributed by atoms with Crippen LogP contribution in [-0.4, -0.2) is 0 Å². The largest absolute Gasteiger partial charge is 0.0885 e. The molecule has 0 aliphatic rings. The van der Waals surface area contributed by atoms with Crippen LogP contribution >= 0.6 is 0 Å². The van der Waals surface area contributed by atoms with Gasteiger partial charge in [-0.1, -0.05) is 58.1 Å². The Hall–Kier alpha value is -0.260. The molecule has 0 aromatic heterocycles. The summed E-state index contributed by atoms with van der Waals surface area (Å²) in [6.07, 6.45) is 9.18. The van der Waals surface area contributed by atoms with Crippen molar-refractivity contribution in [1.82, 2.24) is 0 Å². The lowest BCUT2D eigenvalue weighted by Gasteiger charge is -2.12. The van der Waals surface area contributed by atoms with Crippen LogP contribution in [-0.2, 0) is 0 Å². The zero-order valence-corrected chi connectivity index (χ0v) is 10.8. The molecule has 0 heterocycles. The maximum absolute atomic E-state index is 2.36. The topological polar surface area (TPSA) is 0 Å². The summed E-state index contributed by atoms with van der Waals surface area (Å²) in [5, 5.41) is 0. The molecule has 0 bridgehead atoms. The van der Waals surface area contributed by atoms with Crippen LogP contribution in [0.2, 0.25) is 0 Å². The average Bonchev–Trinajstić information content (AvgIpc) is 2.22. The van der Waals surface area contributed by atoms with E-state index < -0.39 is 0 Å². The van der Waals surface area contributed by atoms with Crippen molar-refractivity contribution < 1.29 is 0 Å². The fourth-order valence-electron chi connectivity index (χ4n) is 1.66. The van der Waals surface area contributed by atoms with E-state index in [0.717, 1.165) is 11.8 Å². The second kappa shape index (κ2) is 8.08. The van der Waals surface area contributed by atoms with E-state index in [1.54, 1.807) is 5.57 Å². The molecule has 0 aromatic carbocycles. The van der Waals surface area contributed by atoms with Crippen molar-refractivity contribution in [1.29, 1.82) is 0 Å². The first-order chi connectivity index (χ1) is 6.61. The maximum atomic E-state index is 2.36. The molecule has 14 heavy (non-hydrogen) atoms. The molecule has 0 radical (unpaired) electrons. The van der Waals surface area contributed by atoms with Gasteiger partial charge in [-0.25, -0.2) is 0 Å². The first-order valence-electron chi connectivity index (χ1n) is 6.24. The minimum absolute atomic E-state index is 0.789. The fraction of sp³-hybridized carbons (Fsp3) is 0.857. The third-order valence-electron chi connectivity index (χ3n) is 3.51. The van der Waals surface area contributed by atoms with Crippen molar-refractivity contribution in [3.05, 3.63) is 11.6 Å². The van der Waals surface area contributed by atoms with Crippen LogP contribution < -0.4 is 0 Å². The molecular formula is C14H28. The fourth-order valence-corrected chi connectivity index (χ4v) is 1.66. The highest BCUT2D eigenvalue weighted by Gasteiger charge is 2.04. The highest BCUT2D eigenvalue weighted by atomic mass is 14.1. The highest BCUT2D eigenvalue weighted by molar-refractivity contribution is 4.99. The smallest absolute Gasteiger partial charge is 0.0235 e. The van der Waals surface area contributed by atoms with Crippen LogP contribution in [0, 0.1) is 11.8 Å². The normalized spacial score (nSPS) is 16.8. The maximum Gasteiger partial charge on any atom is -0.0235 e. The molecule has 0 spiro atoms. The van der Waals surface area contributed by atoms with E-state index in [-0.39, 0.29) is 0 Å². The quantitative estimate of drug-likeness (QED) is 0.388. The lowest BCUT2D eigenvalue weighted by molar-refractivity contribution is 0.460. The Kier molecular flexibility index (Phi) is 7.93. The van der Waals surface area contributed by atoms with Gasteiger partial charge in [0.2, 0.25) is 0 Å². The van der Waals surface area contributed by atoms with E-state index in [2.05, 4.69) is 40.7 Å². The number of allylic oxidation sites excluding steroid dienone is 2. The lowest BCUT2D eigenvalue weighted by Crippen LogP contribution is -1.97. The lowest BCUT2D eigenvalue weighted by atomic mass is 9.94. The Balaban J connectivity index is 3.45. The van der Waals surface area contributed by atoms with E-state index >= 15 is 0 Å². The Morgan fingerprint density at radius 3 is 2.21 bits per heavy atom. The predicted molar refractivity (Wildman–Crippen MR) is 66.5 cm³/mol. The second-order valence-corrected chi connectivity index (χ2v) is 4.73. The predicted octanol–water partition coefficient (Wildman–Crippen LogP) is 5.20. The van der Waals surface area contributed by atoms with Crippen LogP contribution in [0.5, 0.6) is 0 Å². The number of hydrogen-bond donors (Lipinski definition) is 0. The van der Waals surface area contributed by atoms with Crippen LogP contribution in [0.25, 0.3) is 0 Å². The number of unbranched alkanes of at least 4 members (excludes halogenated alkanes) is 1.